The van der Waals surface area contributed by atoms with E-state index in [9.17, 15) is 0 Å². The van der Waals surface area contributed by atoms with Crippen LogP contribution in [0, 0.1) is 5.41 Å². The average Bonchev–Trinajstić information content (AvgIpc) is 2.52. The van der Waals surface area contributed by atoms with Gasteiger partial charge < -0.3 is 10.4 Å². The van der Waals surface area contributed by atoms with Crippen molar-refractivity contribution in [3.05, 3.63) is 20.8 Å². The highest BCUT2D eigenvalue weighted by molar-refractivity contribution is 9.10. The predicted octanol–water partition coefficient (Wildman–Crippen LogP) is 2.62. The number of aliphatic hydroxyl groups is 1. The van der Waals surface area contributed by atoms with Crippen molar-refractivity contribution in [1.29, 1.82) is 0 Å². The third kappa shape index (κ3) is 3.69. The number of halogens is 1. The molecule has 0 aromatic carbocycles. The number of nitrogens with one attached hydrogen (secondary N) is 1. The Morgan fingerprint density at radius 3 is 2.79 bits per heavy atom. The Balaban J connectivity index is 2.32. The summed E-state index contributed by atoms with van der Waals surface area (Å²) in [5.74, 6) is 0. The summed E-state index contributed by atoms with van der Waals surface area (Å²) in [6.45, 7) is 5.99. The summed E-state index contributed by atoms with van der Waals surface area (Å²) in [7, 11) is 0. The summed E-state index contributed by atoms with van der Waals surface area (Å²) >= 11 is 5.22. The van der Waals surface area contributed by atoms with Gasteiger partial charge in [-0.25, -0.2) is 0 Å². The Labute approximate surface area is 97.5 Å². The maximum Gasteiger partial charge on any atom is 0.0494 e. The molecule has 2 nitrogen and oxygen atoms in total. The van der Waals surface area contributed by atoms with E-state index in [0.29, 0.717) is 0 Å². The molecular formula is C10H16BrNOS. The van der Waals surface area contributed by atoms with Crippen molar-refractivity contribution >= 4 is 27.3 Å². The Hall–Kier alpha value is 0.100. The van der Waals surface area contributed by atoms with E-state index < -0.39 is 0 Å². The molecule has 0 spiro atoms. The van der Waals surface area contributed by atoms with Gasteiger partial charge in [0.15, 0.2) is 0 Å². The molecule has 0 radical (unpaired) electrons. The second-order valence-electron chi connectivity index (χ2n) is 4.12. The van der Waals surface area contributed by atoms with Crippen molar-refractivity contribution in [2.75, 3.05) is 13.2 Å². The fourth-order valence-corrected chi connectivity index (χ4v) is 2.48. The van der Waals surface area contributed by atoms with Crippen LogP contribution < -0.4 is 5.32 Å². The van der Waals surface area contributed by atoms with Gasteiger partial charge in [-0.2, -0.15) is 0 Å². The van der Waals surface area contributed by atoms with Gasteiger partial charge in [-0.3, -0.25) is 0 Å². The van der Waals surface area contributed by atoms with Crippen LogP contribution in [0.1, 0.15) is 18.7 Å². The van der Waals surface area contributed by atoms with E-state index >= 15 is 0 Å². The molecule has 0 aliphatic heterocycles. The first-order chi connectivity index (χ1) is 6.55. The number of rotatable bonds is 5. The second kappa shape index (κ2) is 5.26. The fraction of sp³-hybridized carbons (Fsp3) is 0.600. The van der Waals surface area contributed by atoms with Crippen LogP contribution in [0.2, 0.25) is 0 Å². The van der Waals surface area contributed by atoms with Crippen LogP contribution in [-0.2, 0) is 6.54 Å². The normalized spacial score (nSPS) is 12.0. The second-order valence-corrected chi connectivity index (χ2v) is 5.97. The van der Waals surface area contributed by atoms with E-state index in [4.69, 9.17) is 5.11 Å². The highest BCUT2D eigenvalue weighted by atomic mass is 79.9. The molecule has 14 heavy (non-hydrogen) atoms. The molecule has 1 heterocycles. The summed E-state index contributed by atoms with van der Waals surface area (Å²) in [5.41, 5.74) is -0.0380. The number of hydrogen-bond acceptors (Lipinski definition) is 3. The van der Waals surface area contributed by atoms with Crippen LogP contribution in [0.15, 0.2) is 15.9 Å². The highest BCUT2D eigenvalue weighted by Crippen LogP contribution is 2.22. The van der Waals surface area contributed by atoms with Crippen molar-refractivity contribution in [1.82, 2.24) is 5.32 Å². The highest BCUT2D eigenvalue weighted by Gasteiger charge is 2.15. The summed E-state index contributed by atoms with van der Waals surface area (Å²) in [6, 6.07) is 2.05. The van der Waals surface area contributed by atoms with E-state index in [-0.39, 0.29) is 12.0 Å². The third-order valence-electron chi connectivity index (χ3n) is 2.01. The van der Waals surface area contributed by atoms with Gasteiger partial charge in [0.2, 0.25) is 0 Å². The Morgan fingerprint density at radius 2 is 2.29 bits per heavy atom. The molecule has 0 aliphatic rings. The minimum absolute atomic E-state index is 0.0380. The van der Waals surface area contributed by atoms with Crippen LogP contribution >= 0.6 is 27.3 Å². The lowest BCUT2D eigenvalue weighted by Gasteiger charge is -2.21. The largest absolute Gasteiger partial charge is 0.396 e. The smallest absolute Gasteiger partial charge is 0.0494 e. The Bertz CT molecular complexity index is 285. The number of thiophene rings is 1. The minimum atomic E-state index is -0.0380. The molecule has 0 aliphatic carbocycles. The van der Waals surface area contributed by atoms with Crippen molar-refractivity contribution in [2.24, 2.45) is 5.41 Å². The topological polar surface area (TPSA) is 32.3 Å². The molecule has 0 atom stereocenters. The van der Waals surface area contributed by atoms with E-state index in [0.717, 1.165) is 17.6 Å². The molecule has 4 heteroatoms. The lowest BCUT2D eigenvalue weighted by Crippen LogP contribution is -2.31. The van der Waals surface area contributed by atoms with Crippen molar-refractivity contribution in [3.63, 3.8) is 0 Å². The zero-order valence-electron chi connectivity index (χ0n) is 8.51. The fourth-order valence-electron chi connectivity index (χ4n) is 1.02. The maximum atomic E-state index is 9.06. The van der Waals surface area contributed by atoms with Gasteiger partial charge in [0.1, 0.15) is 0 Å². The van der Waals surface area contributed by atoms with E-state index in [1.807, 2.05) is 13.8 Å². The van der Waals surface area contributed by atoms with Crippen LogP contribution in [0.5, 0.6) is 0 Å². The van der Waals surface area contributed by atoms with E-state index in [1.165, 1.54) is 4.88 Å². The van der Waals surface area contributed by atoms with Gasteiger partial charge in [0.05, 0.1) is 0 Å². The van der Waals surface area contributed by atoms with Gasteiger partial charge in [0, 0.05) is 34.5 Å². The molecule has 0 saturated carbocycles. The summed E-state index contributed by atoms with van der Waals surface area (Å²) < 4.78 is 1.16. The summed E-state index contributed by atoms with van der Waals surface area (Å²) in [4.78, 5) is 1.30. The first-order valence-corrected chi connectivity index (χ1v) is 6.26. The van der Waals surface area contributed by atoms with Crippen LogP contribution in [0.4, 0.5) is 0 Å². The molecule has 2 N–H and O–H groups in total. The molecule has 80 valence electrons. The average molecular weight is 278 g/mol. The van der Waals surface area contributed by atoms with Gasteiger partial charge in [-0.05, 0) is 27.4 Å². The molecular weight excluding hydrogens is 262 g/mol. The quantitative estimate of drug-likeness (QED) is 0.867. The molecule has 1 aromatic rings. The van der Waals surface area contributed by atoms with Crippen LogP contribution in [0.3, 0.4) is 0 Å². The van der Waals surface area contributed by atoms with Crippen molar-refractivity contribution in [3.8, 4) is 0 Å². The zero-order chi connectivity index (χ0) is 10.6. The van der Waals surface area contributed by atoms with Gasteiger partial charge in [-0.15, -0.1) is 11.3 Å². The zero-order valence-corrected chi connectivity index (χ0v) is 10.9. The summed E-state index contributed by atoms with van der Waals surface area (Å²) in [5, 5.41) is 14.5. The molecule has 0 amide bonds. The number of hydrogen-bond donors (Lipinski definition) is 2. The molecule has 0 bridgehead atoms. The first-order valence-electron chi connectivity index (χ1n) is 4.58. The Morgan fingerprint density at radius 1 is 1.57 bits per heavy atom. The number of aliphatic hydroxyl groups excluding tert-OH is 1. The standard InChI is InChI=1S/C10H16BrNOS/c1-10(2,7-13)6-12-5-9-8(11)3-4-14-9/h3-4,12-13H,5-7H2,1-2H3. The monoisotopic (exact) mass is 277 g/mol. The lowest BCUT2D eigenvalue weighted by molar-refractivity contribution is 0.157. The molecule has 1 rings (SSSR count). The van der Waals surface area contributed by atoms with Crippen molar-refractivity contribution < 1.29 is 5.11 Å². The lowest BCUT2D eigenvalue weighted by atomic mass is 9.95. The SMILES string of the molecule is CC(C)(CO)CNCc1sccc1Br. The van der Waals surface area contributed by atoms with Crippen LogP contribution in [0.25, 0.3) is 0 Å². The minimum Gasteiger partial charge on any atom is -0.396 e. The van der Waals surface area contributed by atoms with Gasteiger partial charge in [-0.1, -0.05) is 13.8 Å². The molecule has 0 unspecified atom stereocenters. The summed E-state index contributed by atoms with van der Waals surface area (Å²) in [6.07, 6.45) is 0. The Kier molecular flexibility index (Phi) is 4.57. The molecule has 0 saturated heterocycles. The van der Waals surface area contributed by atoms with E-state index in [1.54, 1.807) is 11.3 Å². The van der Waals surface area contributed by atoms with Gasteiger partial charge in [0.25, 0.3) is 0 Å². The predicted molar refractivity (Wildman–Crippen MR) is 64.6 cm³/mol. The van der Waals surface area contributed by atoms with Crippen molar-refractivity contribution in [2.45, 2.75) is 20.4 Å². The van der Waals surface area contributed by atoms with E-state index in [2.05, 4.69) is 32.7 Å². The maximum absolute atomic E-state index is 9.06. The van der Waals surface area contributed by atoms with Crippen LogP contribution in [-0.4, -0.2) is 18.3 Å². The van der Waals surface area contributed by atoms with Gasteiger partial charge >= 0.3 is 0 Å². The third-order valence-corrected chi connectivity index (χ3v) is 3.93. The first kappa shape index (κ1) is 12.2. The molecule has 0 fully saturated rings. The molecule has 1 aromatic heterocycles.